The Labute approximate surface area is 101 Å². The molecule has 0 aliphatic heterocycles. The van der Waals surface area contributed by atoms with E-state index in [1.807, 2.05) is 6.07 Å². The second-order valence-corrected chi connectivity index (χ2v) is 2.00. The number of carbonyl (C=O) groups is 1. The van der Waals surface area contributed by atoms with Crippen LogP contribution in [-0.4, -0.2) is 17.7 Å². The summed E-state index contributed by atoms with van der Waals surface area (Å²) in [6.07, 6.45) is 0. The largest absolute Gasteiger partial charge is 0.482 e. The van der Waals surface area contributed by atoms with Gasteiger partial charge in [-0.15, -0.1) is 37.2 Å². The summed E-state index contributed by atoms with van der Waals surface area (Å²) < 4.78 is 4.87. The molecule has 0 aliphatic rings. The van der Waals surface area contributed by atoms with Crippen molar-refractivity contribution in [3.05, 3.63) is 30.3 Å². The number of halogens is 3. The van der Waals surface area contributed by atoms with Crippen molar-refractivity contribution in [3.63, 3.8) is 0 Å². The Hall–Kier alpha value is -0.640. The Morgan fingerprint density at radius 2 is 1.64 bits per heavy atom. The lowest BCUT2D eigenvalue weighted by Crippen LogP contribution is -2.09. The number of para-hydroxylation sites is 1. The van der Waals surface area contributed by atoms with Crippen LogP contribution in [0.3, 0.4) is 0 Å². The molecule has 0 radical (unpaired) electrons. The number of carboxylic acids is 1. The van der Waals surface area contributed by atoms with Crippen molar-refractivity contribution in [2.75, 3.05) is 6.61 Å². The minimum atomic E-state index is -0.964. The summed E-state index contributed by atoms with van der Waals surface area (Å²) in [6.45, 7) is -0.288. The molecule has 0 aromatic heterocycles. The van der Waals surface area contributed by atoms with Gasteiger partial charge in [0.25, 0.3) is 0 Å². The molecule has 6 heteroatoms. The number of hydrogen-bond acceptors (Lipinski definition) is 2. The van der Waals surface area contributed by atoms with Crippen LogP contribution in [0.25, 0.3) is 0 Å². The molecule has 14 heavy (non-hydrogen) atoms. The van der Waals surface area contributed by atoms with Gasteiger partial charge in [0.2, 0.25) is 0 Å². The quantitative estimate of drug-likeness (QED) is 0.909. The molecule has 0 spiro atoms. The fraction of sp³-hybridized carbons (Fsp3) is 0.125. The molecule has 1 N–H and O–H groups in total. The van der Waals surface area contributed by atoms with Crippen LogP contribution in [-0.2, 0) is 4.79 Å². The summed E-state index contributed by atoms with van der Waals surface area (Å²) in [6, 6.07) is 8.84. The van der Waals surface area contributed by atoms with Gasteiger partial charge in [0.1, 0.15) is 5.75 Å². The van der Waals surface area contributed by atoms with E-state index in [1.54, 1.807) is 24.3 Å². The molecule has 3 nitrogen and oxygen atoms in total. The number of ether oxygens (including phenoxy) is 1. The second-order valence-electron chi connectivity index (χ2n) is 2.00. The third kappa shape index (κ3) is 7.98. The summed E-state index contributed by atoms with van der Waals surface area (Å²) in [7, 11) is 0. The van der Waals surface area contributed by atoms with Gasteiger partial charge in [0.15, 0.2) is 6.61 Å². The van der Waals surface area contributed by atoms with Crippen molar-refractivity contribution in [3.8, 4) is 5.75 Å². The van der Waals surface area contributed by atoms with Crippen LogP contribution in [0.2, 0.25) is 0 Å². The molecular formula is C8H11Cl3O3. The molecule has 1 aromatic rings. The van der Waals surface area contributed by atoms with E-state index in [9.17, 15) is 4.79 Å². The van der Waals surface area contributed by atoms with E-state index < -0.39 is 5.97 Å². The summed E-state index contributed by atoms with van der Waals surface area (Å²) in [5.41, 5.74) is 0. The van der Waals surface area contributed by atoms with Crippen molar-refractivity contribution in [1.82, 2.24) is 0 Å². The molecule has 0 unspecified atom stereocenters. The zero-order valence-electron chi connectivity index (χ0n) is 7.08. The van der Waals surface area contributed by atoms with Crippen LogP contribution < -0.4 is 4.74 Å². The maximum Gasteiger partial charge on any atom is 0.341 e. The molecule has 0 fully saturated rings. The van der Waals surface area contributed by atoms with Crippen LogP contribution in [0.5, 0.6) is 5.75 Å². The fourth-order valence-corrected chi connectivity index (χ4v) is 0.662. The molecule has 1 rings (SSSR count). The molecular weight excluding hydrogens is 250 g/mol. The zero-order chi connectivity index (χ0) is 8.10. The standard InChI is InChI=1S/C8H8O3.3ClH/c9-8(10)6-11-7-4-2-1-3-5-7;;;/h1-5H,6H2,(H,9,10);3*1H. The molecule has 0 aliphatic carbocycles. The average Bonchev–Trinajstić information content (AvgIpc) is 2.03. The van der Waals surface area contributed by atoms with Gasteiger partial charge in [-0.25, -0.2) is 4.79 Å². The van der Waals surface area contributed by atoms with Gasteiger partial charge < -0.3 is 9.84 Å². The van der Waals surface area contributed by atoms with Gasteiger partial charge >= 0.3 is 5.97 Å². The maximum absolute atomic E-state index is 10.0. The van der Waals surface area contributed by atoms with Crippen molar-refractivity contribution in [2.45, 2.75) is 0 Å². The van der Waals surface area contributed by atoms with E-state index >= 15 is 0 Å². The normalized spacial score (nSPS) is 7.14. The highest BCUT2D eigenvalue weighted by Crippen LogP contribution is 2.07. The van der Waals surface area contributed by atoms with Crippen molar-refractivity contribution in [1.29, 1.82) is 0 Å². The topological polar surface area (TPSA) is 46.5 Å². The minimum Gasteiger partial charge on any atom is -0.482 e. The molecule has 0 saturated carbocycles. The monoisotopic (exact) mass is 260 g/mol. The van der Waals surface area contributed by atoms with Gasteiger partial charge in [-0.1, -0.05) is 18.2 Å². The lowest BCUT2D eigenvalue weighted by Gasteiger charge is -2.00. The highest BCUT2D eigenvalue weighted by molar-refractivity contribution is 5.86. The highest BCUT2D eigenvalue weighted by atomic mass is 35.5. The average molecular weight is 262 g/mol. The van der Waals surface area contributed by atoms with E-state index in [0.717, 1.165) is 0 Å². The van der Waals surface area contributed by atoms with E-state index in [2.05, 4.69) is 0 Å². The van der Waals surface area contributed by atoms with Crippen molar-refractivity contribution >= 4 is 43.2 Å². The van der Waals surface area contributed by atoms with E-state index in [-0.39, 0.29) is 43.8 Å². The molecule has 0 amide bonds. The SMILES string of the molecule is Cl.Cl.Cl.O=C(O)COc1ccccc1. The molecule has 0 heterocycles. The van der Waals surface area contributed by atoms with Crippen LogP contribution in [0.15, 0.2) is 30.3 Å². The number of carboxylic acid groups (broad SMARTS) is 1. The lowest BCUT2D eigenvalue weighted by atomic mass is 10.3. The van der Waals surface area contributed by atoms with Gasteiger partial charge in [-0.2, -0.15) is 0 Å². The molecule has 0 bridgehead atoms. The Balaban J connectivity index is -0.000000403. The Morgan fingerprint density at radius 3 is 2.07 bits per heavy atom. The molecule has 0 saturated heterocycles. The van der Waals surface area contributed by atoms with Crippen LogP contribution in [0, 0.1) is 0 Å². The Kier molecular flexibility index (Phi) is 14.2. The molecule has 0 atom stereocenters. The lowest BCUT2D eigenvalue weighted by molar-refractivity contribution is -0.139. The smallest absolute Gasteiger partial charge is 0.341 e. The summed E-state index contributed by atoms with van der Waals surface area (Å²) >= 11 is 0. The first-order valence-electron chi connectivity index (χ1n) is 3.18. The summed E-state index contributed by atoms with van der Waals surface area (Å²) in [4.78, 5) is 10.0. The minimum absolute atomic E-state index is 0. The van der Waals surface area contributed by atoms with Crippen LogP contribution in [0.4, 0.5) is 0 Å². The number of hydrogen-bond donors (Lipinski definition) is 1. The van der Waals surface area contributed by atoms with Gasteiger partial charge in [-0.05, 0) is 12.1 Å². The van der Waals surface area contributed by atoms with Gasteiger partial charge in [-0.3, -0.25) is 0 Å². The first-order chi connectivity index (χ1) is 5.29. The zero-order valence-corrected chi connectivity index (χ0v) is 9.53. The van der Waals surface area contributed by atoms with Crippen LogP contribution in [0.1, 0.15) is 0 Å². The second kappa shape index (κ2) is 10.4. The predicted molar refractivity (Wildman–Crippen MR) is 61.3 cm³/mol. The van der Waals surface area contributed by atoms with Crippen molar-refractivity contribution in [2.24, 2.45) is 0 Å². The van der Waals surface area contributed by atoms with Gasteiger partial charge in [0.05, 0.1) is 0 Å². The number of benzene rings is 1. The fourth-order valence-electron chi connectivity index (χ4n) is 0.662. The molecule has 82 valence electrons. The Bertz CT molecular complexity index is 241. The third-order valence-electron chi connectivity index (χ3n) is 1.11. The third-order valence-corrected chi connectivity index (χ3v) is 1.11. The predicted octanol–water partition coefficient (Wildman–Crippen LogP) is 2.42. The number of aliphatic carboxylic acids is 1. The van der Waals surface area contributed by atoms with Crippen molar-refractivity contribution < 1.29 is 14.6 Å². The maximum atomic E-state index is 10.0. The summed E-state index contributed by atoms with van der Waals surface area (Å²) in [5.74, 6) is -0.385. The Morgan fingerprint density at radius 1 is 1.14 bits per heavy atom. The number of rotatable bonds is 3. The van der Waals surface area contributed by atoms with E-state index in [4.69, 9.17) is 9.84 Å². The first kappa shape index (κ1) is 19.0. The first-order valence-corrected chi connectivity index (χ1v) is 3.18. The van der Waals surface area contributed by atoms with Gasteiger partial charge in [0, 0.05) is 0 Å². The van der Waals surface area contributed by atoms with E-state index in [0.29, 0.717) is 5.75 Å². The highest BCUT2D eigenvalue weighted by Gasteiger charge is 1.96. The molecule has 1 aromatic carbocycles. The summed E-state index contributed by atoms with van der Waals surface area (Å²) in [5, 5.41) is 8.25. The van der Waals surface area contributed by atoms with E-state index in [1.165, 1.54) is 0 Å². The van der Waals surface area contributed by atoms with Crippen LogP contribution >= 0.6 is 37.2 Å².